The molecule has 0 bridgehead atoms. The van der Waals surface area contributed by atoms with E-state index in [-0.39, 0.29) is 6.61 Å². The van der Waals surface area contributed by atoms with Crippen LogP contribution in [0.3, 0.4) is 0 Å². The van der Waals surface area contributed by atoms with Gasteiger partial charge in [0.25, 0.3) is 0 Å². The minimum absolute atomic E-state index is 0.215. The molecule has 0 saturated heterocycles. The highest BCUT2D eigenvalue weighted by Gasteiger charge is 2.52. The van der Waals surface area contributed by atoms with Gasteiger partial charge in [-0.3, -0.25) is 14.4 Å². The molecular formula is C14H25N3O6. The fourth-order valence-corrected chi connectivity index (χ4v) is 1.90. The monoisotopic (exact) mass is 331 g/mol. The largest absolute Gasteiger partial charge is 0.480 e. The third kappa shape index (κ3) is 6.98. The molecule has 0 radical (unpaired) electrons. The maximum atomic E-state index is 11.7. The molecule has 1 aliphatic rings. The van der Waals surface area contributed by atoms with Gasteiger partial charge in [-0.25, -0.2) is 4.79 Å². The molecule has 0 aromatic carbocycles. The fraction of sp³-hybridized carbons (Fsp3) is 0.714. The number of hydrogen-bond acceptors (Lipinski definition) is 5. The molecule has 5 N–H and O–H groups in total. The number of hydrogen-bond donors (Lipinski definition) is 4. The van der Waals surface area contributed by atoms with Crippen LogP contribution < -0.4 is 16.4 Å². The number of urea groups is 1. The Balaban J connectivity index is 0.000000585. The first-order valence-corrected chi connectivity index (χ1v) is 7.50. The lowest BCUT2D eigenvalue weighted by atomic mass is 9.68. The molecule has 0 unspecified atom stereocenters. The summed E-state index contributed by atoms with van der Waals surface area (Å²) in [5.74, 6) is -2.23. The summed E-state index contributed by atoms with van der Waals surface area (Å²) in [4.78, 5) is 43.5. The molecule has 0 atom stereocenters. The molecular weight excluding hydrogens is 306 g/mol. The van der Waals surface area contributed by atoms with E-state index in [9.17, 15) is 19.2 Å². The van der Waals surface area contributed by atoms with Crippen molar-refractivity contribution in [2.45, 2.75) is 39.5 Å². The Morgan fingerprint density at radius 2 is 1.78 bits per heavy atom. The third-order valence-electron chi connectivity index (χ3n) is 3.26. The van der Waals surface area contributed by atoms with E-state index in [4.69, 9.17) is 15.6 Å². The lowest BCUT2D eigenvalue weighted by Crippen LogP contribution is -2.52. The molecule has 0 aliphatic heterocycles. The maximum absolute atomic E-state index is 11.7. The minimum Gasteiger partial charge on any atom is -0.480 e. The summed E-state index contributed by atoms with van der Waals surface area (Å²) in [6.45, 7) is 4.05. The first kappa shape index (κ1) is 20.7. The topological polar surface area (TPSA) is 148 Å². The molecule has 9 heteroatoms. The Hall–Kier alpha value is -2.32. The van der Waals surface area contributed by atoms with Crippen LogP contribution in [0.1, 0.15) is 39.5 Å². The number of nitrogens with two attached hydrogens (primary N) is 1. The Labute approximate surface area is 134 Å². The zero-order chi connectivity index (χ0) is 17.9. The predicted octanol–water partition coefficient (Wildman–Crippen LogP) is -0.0147. The molecule has 0 aromatic rings. The van der Waals surface area contributed by atoms with Crippen LogP contribution in [0.4, 0.5) is 4.79 Å². The number of aliphatic carboxylic acids is 1. The molecule has 0 heterocycles. The van der Waals surface area contributed by atoms with Crippen molar-refractivity contribution in [3.05, 3.63) is 0 Å². The van der Waals surface area contributed by atoms with Crippen molar-refractivity contribution in [2.75, 3.05) is 19.7 Å². The average Bonchev–Trinajstić information content (AvgIpc) is 2.42. The molecule has 1 saturated carbocycles. The summed E-state index contributed by atoms with van der Waals surface area (Å²) >= 11 is 0. The summed E-state index contributed by atoms with van der Waals surface area (Å²) in [6.07, 6.45) is 2.57. The van der Waals surface area contributed by atoms with Gasteiger partial charge in [0.05, 0.1) is 6.61 Å². The molecule has 1 rings (SSSR count). The molecule has 23 heavy (non-hydrogen) atoms. The SMILES string of the molecule is CCCNC(N)=O.CCOC(=O)C1(C(=O)NCC(=O)O)CCC1. The lowest BCUT2D eigenvalue weighted by molar-refractivity contribution is -0.167. The Morgan fingerprint density at radius 1 is 1.17 bits per heavy atom. The van der Waals surface area contributed by atoms with Crippen LogP contribution in [0.5, 0.6) is 0 Å². The normalized spacial score (nSPS) is 14.3. The molecule has 9 nitrogen and oxygen atoms in total. The van der Waals surface area contributed by atoms with Crippen molar-refractivity contribution in [2.24, 2.45) is 11.1 Å². The highest BCUT2D eigenvalue weighted by atomic mass is 16.5. The van der Waals surface area contributed by atoms with Crippen LogP contribution in [0.15, 0.2) is 0 Å². The Bertz CT molecular complexity index is 434. The first-order valence-electron chi connectivity index (χ1n) is 7.50. The second-order valence-electron chi connectivity index (χ2n) is 5.02. The standard InChI is InChI=1S/C10H15NO5.C4H10N2O/c1-2-16-9(15)10(4-3-5-10)8(14)11-6-7(12)13;1-2-3-6-4(5)7/h2-6H2,1H3,(H,11,14)(H,12,13);2-3H2,1H3,(H3,5,6,7). The van der Waals surface area contributed by atoms with E-state index in [2.05, 4.69) is 10.6 Å². The summed E-state index contributed by atoms with van der Waals surface area (Å²) in [6, 6.07) is -0.443. The molecule has 3 amide bonds. The van der Waals surface area contributed by atoms with Gasteiger partial charge in [0.15, 0.2) is 0 Å². The van der Waals surface area contributed by atoms with Crippen LogP contribution in [0.25, 0.3) is 0 Å². The smallest absolute Gasteiger partial charge is 0.322 e. The van der Waals surface area contributed by atoms with Crippen molar-refractivity contribution in [1.29, 1.82) is 0 Å². The summed E-state index contributed by atoms with van der Waals surface area (Å²) in [7, 11) is 0. The second kappa shape index (κ2) is 10.4. The summed E-state index contributed by atoms with van der Waals surface area (Å²) < 4.78 is 4.83. The number of carbonyl (C=O) groups excluding carboxylic acids is 3. The van der Waals surface area contributed by atoms with E-state index in [1.807, 2.05) is 6.92 Å². The second-order valence-corrected chi connectivity index (χ2v) is 5.02. The number of rotatable bonds is 7. The van der Waals surface area contributed by atoms with Crippen LogP contribution >= 0.6 is 0 Å². The zero-order valence-corrected chi connectivity index (χ0v) is 13.5. The maximum Gasteiger partial charge on any atom is 0.322 e. The lowest BCUT2D eigenvalue weighted by Gasteiger charge is -2.37. The van der Waals surface area contributed by atoms with Crippen LogP contribution in [0.2, 0.25) is 0 Å². The van der Waals surface area contributed by atoms with Crippen molar-refractivity contribution in [3.8, 4) is 0 Å². The molecule has 0 aromatic heterocycles. The quantitative estimate of drug-likeness (QED) is 0.381. The Kier molecular flexibility index (Phi) is 9.36. The highest BCUT2D eigenvalue weighted by Crippen LogP contribution is 2.42. The summed E-state index contributed by atoms with van der Waals surface area (Å²) in [5.41, 5.74) is 3.58. The average molecular weight is 331 g/mol. The Morgan fingerprint density at radius 3 is 2.09 bits per heavy atom. The van der Waals surface area contributed by atoms with E-state index in [1.165, 1.54) is 0 Å². The van der Waals surface area contributed by atoms with Crippen molar-refractivity contribution in [1.82, 2.24) is 10.6 Å². The van der Waals surface area contributed by atoms with E-state index in [0.29, 0.717) is 19.4 Å². The number of carbonyl (C=O) groups is 4. The minimum atomic E-state index is -1.15. The number of carboxylic acids is 1. The van der Waals surface area contributed by atoms with Gasteiger partial charge in [0.2, 0.25) is 5.91 Å². The molecule has 1 fully saturated rings. The van der Waals surface area contributed by atoms with Gasteiger partial charge in [-0.1, -0.05) is 13.3 Å². The number of esters is 1. The third-order valence-corrected chi connectivity index (χ3v) is 3.26. The van der Waals surface area contributed by atoms with Gasteiger partial charge in [0, 0.05) is 6.54 Å². The summed E-state index contributed by atoms with van der Waals surface area (Å²) in [5, 5.41) is 13.1. The van der Waals surface area contributed by atoms with Crippen molar-refractivity contribution in [3.63, 3.8) is 0 Å². The van der Waals surface area contributed by atoms with E-state index < -0.39 is 35.8 Å². The van der Waals surface area contributed by atoms with Crippen molar-refractivity contribution >= 4 is 23.9 Å². The van der Waals surface area contributed by atoms with Crippen LogP contribution in [0, 0.1) is 5.41 Å². The number of primary amides is 1. The van der Waals surface area contributed by atoms with Crippen LogP contribution in [-0.4, -0.2) is 48.7 Å². The van der Waals surface area contributed by atoms with Gasteiger partial charge >= 0.3 is 18.0 Å². The van der Waals surface area contributed by atoms with E-state index >= 15 is 0 Å². The zero-order valence-electron chi connectivity index (χ0n) is 13.5. The molecule has 132 valence electrons. The number of carboxylic acid groups (broad SMARTS) is 1. The highest BCUT2D eigenvalue weighted by molar-refractivity contribution is 6.04. The van der Waals surface area contributed by atoms with Gasteiger partial charge < -0.3 is 26.2 Å². The van der Waals surface area contributed by atoms with Gasteiger partial charge in [0.1, 0.15) is 12.0 Å². The van der Waals surface area contributed by atoms with E-state index in [1.54, 1.807) is 6.92 Å². The van der Waals surface area contributed by atoms with E-state index in [0.717, 1.165) is 12.8 Å². The first-order chi connectivity index (χ1) is 10.8. The molecule has 1 aliphatic carbocycles. The van der Waals surface area contributed by atoms with Gasteiger partial charge in [-0.05, 0) is 26.2 Å². The number of amides is 3. The predicted molar refractivity (Wildman–Crippen MR) is 81.4 cm³/mol. The fourth-order valence-electron chi connectivity index (χ4n) is 1.90. The molecule has 0 spiro atoms. The van der Waals surface area contributed by atoms with Gasteiger partial charge in [-0.15, -0.1) is 0 Å². The van der Waals surface area contributed by atoms with Crippen molar-refractivity contribution < 1.29 is 29.0 Å². The number of nitrogens with one attached hydrogen (secondary N) is 2. The number of ether oxygens (including phenoxy) is 1. The van der Waals surface area contributed by atoms with Crippen LogP contribution in [-0.2, 0) is 19.1 Å². The van der Waals surface area contributed by atoms with Gasteiger partial charge in [-0.2, -0.15) is 0 Å².